The molecule has 1 nitrogen and oxygen atoms in total. The number of carbonyl (C=O) groups is 1. The van der Waals surface area contributed by atoms with Crippen LogP contribution in [0.5, 0.6) is 0 Å². The highest BCUT2D eigenvalue weighted by atomic mass is 79.9. The van der Waals surface area contributed by atoms with E-state index in [1.807, 2.05) is 44.2 Å². The fourth-order valence-corrected chi connectivity index (χ4v) is 3.05. The number of ketones is 1. The molecule has 0 unspecified atom stereocenters. The predicted molar refractivity (Wildman–Crippen MR) is 76.0 cm³/mol. The third kappa shape index (κ3) is 3.05. The van der Waals surface area contributed by atoms with E-state index in [4.69, 9.17) is 0 Å². The summed E-state index contributed by atoms with van der Waals surface area (Å²) in [6.45, 7) is 4.06. The zero-order valence-corrected chi connectivity index (χ0v) is 12.2. The molecule has 0 atom stereocenters. The van der Waals surface area contributed by atoms with Crippen LogP contribution in [0.3, 0.4) is 0 Å². The number of thiophene rings is 1. The van der Waals surface area contributed by atoms with Crippen molar-refractivity contribution in [3.8, 4) is 0 Å². The number of hydrogen-bond donors (Lipinski definition) is 0. The van der Waals surface area contributed by atoms with Gasteiger partial charge >= 0.3 is 0 Å². The molecule has 88 valence electrons. The molecule has 0 bridgehead atoms. The summed E-state index contributed by atoms with van der Waals surface area (Å²) in [5.74, 6) is 0.188. The van der Waals surface area contributed by atoms with Crippen molar-refractivity contribution < 1.29 is 4.79 Å². The molecule has 0 N–H and O–H groups in total. The van der Waals surface area contributed by atoms with Crippen LogP contribution in [0.1, 0.15) is 25.7 Å². The average Bonchev–Trinajstić information content (AvgIpc) is 2.63. The van der Waals surface area contributed by atoms with Crippen molar-refractivity contribution in [1.29, 1.82) is 0 Å². The van der Waals surface area contributed by atoms with Crippen molar-refractivity contribution in [3.63, 3.8) is 0 Å². The Labute approximate surface area is 114 Å². The Bertz CT molecular complexity index is 520. The van der Waals surface area contributed by atoms with Crippen LogP contribution in [0, 0.1) is 13.8 Å². The van der Waals surface area contributed by atoms with E-state index in [2.05, 4.69) is 15.9 Å². The first-order chi connectivity index (χ1) is 8.06. The van der Waals surface area contributed by atoms with Crippen molar-refractivity contribution in [2.24, 2.45) is 0 Å². The molecule has 1 aromatic carbocycles. The Morgan fingerprint density at radius 2 is 1.88 bits per heavy atom. The van der Waals surface area contributed by atoms with Crippen LogP contribution in [0.25, 0.3) is 0 Å². The molecule has 0 aliphatic carbocycles. The van der Waals surface area contributed by atoms with Crippen molar-refractivity contribution in [2.75, 3.05) is 0 Å². The first-order valence-electron chi connectivity index (χ1n) is 5.41. The summed E-state index contributed by atoms with van der Waals surface area (Å²) in [5, 5.41) is 0. The number of Topliss-reactive ketones (excluding diaryl/α,β-unsaturated/α-hetero) is 1. The van der Waals surface area contributed by atoms with Gasteiger partial charge in [-0.25, -0.2) is 0 Å². The van der Waals surface area contributed by atoms with Gasteiger partial charge in [-0.3, -0.25) is 4.79 Å². The standard InChI is InChI=1S/C14H13BrOS/c1-9-3-5-11(6-4-9)7-13(16)14-8-12(15)10(2)17-14/h3-6,8H,7H2,1-2H3. The summed E-state index contributed by atoms with van der Waals surface area (Å²) in [6.07, 6.45) is 0.479. The largest absolute Gasteiger partial charge is 0.293 e. The Kier molecular flexibility index (Phi) is 3.79. The van der Waals surface area contributed by atoms with Crippen molar-refractivity contribution in [2.45, 2.75) is 20.3 Å². The van der Waals surface area contributed by atoms with Gasteiger partial charge in [0.15, 0.2) is 5.78 Å². The monoisotopic (exact) mass is 308 g/mol. The maximum atomic E-state index is 12.1. The first-order valence-corrected chi connectivity index (χ1v) is 7.02. The summed E-state index contributed by atoms with van der Waals surface area (Å²) < 4.78 is 1.02. The van der Waals surface area contributed by atoms with Gasteiger partial charge in [0.2, 0.25) is 0 Å². The number of halogens is 1. The van der Waals surface area contributed by atoms with E-state index in [0.29, 0.717) is 6.42 Å². The zero-order chi connectivity index (χ0) is 12.4. The van der Waals surface area contributed by atoms with E-state index in [1.54, 1.807) is 11.3 Å². The third-order valence-corrected chi connectivity index (χ3v) is 4.79. The Morgan fingerprint density at radius 3 is 2.41 bits per heavy atom. The van der Waals surface area contributed by atoms with Gasteiger partial charge in [0.1, 0.15) is 0 Å². The van der Waals surface area contributed by atoms with E-state index < -0.39 is 0 Å². The molecule has 2 aromatic rings. The molecular formula is C14H13BrOS. The van der Waals surface area contributed by atoms with Gasteiger partial charge in [-0.1, -0.05) is 29.8 Å². The smallest absolute Gasteiger partial charge is 0.177 e. The molecule has 0 spiro atoms. The minimum atomic E-state index is 0.188. The summed E-state index contributed by atoms with van der Waals surface area (Å²) >= 11 is 4.99. The molecule has 0 fully saturated rings. The maximum absolute atomic E-state index is 12.1. The van der Waals surface area contributed by atoms with E-state index in [-0.39, 0.29) is 5.78 Å². The molecule has 0 radical (unpaired) electrons. The van der Waals surface area contributed by atoms with Gasteiger partial charge in [-0.15, -0.1) is 11.3 Å². The number of aryl methyl sites for hydroxylation is 2. The van der Waals surface area contributed by atoms with Crippen LogP contribution in [-0.4, -0.2) is 5.78 Å². The minimum Gasteiger partial charge on any atom is -0.293 e. The van der Waals surface area contributed by atoms with Crippen molar-refractivity contribution in [1.82, 2.24) is 0 Å². The van der Waals surface area contributed by atoms with Crippen LogP contribution in [-0.2, 0) is 6.42 Å². The van der Waals surface area contributed by atoms with Gasteiger partial charge in [0, 0.05) is 15.8 Å². The van der Waals surface area contributed by atoms with Crippen molar-refractivity contribution >= 4 is 33.0 Å². The fourth-order valence-electron chi connectivity index (χ4n) is 1.58. The van der Waals surface area contributed by atoms with E-state index in [1.165, 1.54) is 5.56 Å². The Morgan fingerprint density at radius 1 is 1.24 bits per heavy atom. The van der Waals surface area contributed by atoms with E-state index in [9.17, 15) is 4.79 Å². The Hall–Kier alpha value is -0.930. The normalized spacial score (nSPS) is 10.5. The van der Waals surface area contributed by atoms with E-state index >= 15 is 0 Å². The van der Waals surface area contributed by atoms with Crippen molar-refractivity contribution in [3.05, 3.63) is 55.7 Å². The molecule has 1 aromatic heterocycles. The SMILES string of the molecule is Cc1ccc(CC(=O)c2cc(Br)c(C)s2)cc1. The lowest BCUT2D eigenvalue weighted by atomic mass is 10.1. The Balaban J connectivity index is 2.14. The lowest BCUT2D eigenvalue weighted by Crippen LogP contribution is -2.00. The van der Waals surface area contributed by atoms with Gasteiger partial charge in [-0.2, -0.15) is 0 Å². The first kappa shape index (κ1) is 12.5. The molecule has 1 heterocycles. The summed E-state index contributed by atoms with van der Waals surface area (Å²) in [5.41, 5.74) is 2.29. The number of benzene rings is 1. The molecule has 0 aliphatic rings. The van der Waals surface area contributed by atoms with Crippen LogP contribution in [0.15, 0.2) is 34.8 Å². The summed E-state index contributed by atoms with van der Waals surface area (Å²) in [6, 6.07) is 10.0. The minimum absolute atomic E-state index is 0.188. The van der Waals surface area contributed by atoms with Crippen LogP contribution in [0.2, 0.25) is 0 Å². The highest BCUT2D eigenvalue weighted by molar-refractivity contribution is 9.10. The number of rotatable bonds is 3. The maximum Gasteiger partial charge on any atom is 0.177 e. The molecule has 2 rings (SSSR count). The molecule has 0 amide bonds. The second kappa shape index (κ2) is 5.15. The third-order valence-electron chi connectivity index (χ3n) is 2.62. The molecule has 3 heteroatoms. The highest BCUT2D eigenvalue weighted by Crippen LogP contribution is 2.27. The fraction of sp³-hybridized carbons (Fsp3) is 0.214. The summed E-state index contributed by atoms with van der Waals surface area (Å²) in [7, 11) is 0. The molecular weight excluding hydrogens is 296 g/mol. The predicted octanol–water partition coefficient (Wildman–Crippen LogP) is 4.55. The lowest BCUT2D eigenvalue weighted by Gasteiger charge is -1.99. The number of carbonyl (C=O) groups excluding carboxylic acids is 1. The van der Waals surface area contributed by atoms with Crippen LogP contribution >= 0.6 is 27.3 Å². The molecule has 0 aliphatic heterocycles. The highest BCUT2D eigenvalue weighted by Gasteiger charge is 2.11. The van der Waals surface area contributed by atoms with Gasteiger partial charge in [0.05, 0.1) is 4.88 Å². The molecule has 17 heavy (non-hydrogen) atoms. The quantitative estimate of drug-likeness (QED) is 0.760. The molecule has 0 saturated heterocycles. The van der Waals surface area contributed by atoms with E-state index in [0.717, 1.165) is 19.8 Å². The van der Waals surface area contributed by atoms with Gasteiger partial charge < -0.3 is 0 Å². The van der Waals surface area contributed by atoms with Crippen LogP contribution in [0.4, 0.5) is 0 Å². The second-order valence-corrected chi connectivity index (χ2v) is 6.21. The second-order valence-electron chi connectivity index (χ2n) is 4.10. The zero-order valence-electron chi connectivity index (χ0n) is 9.79. The van der Waals surface area contributed by atoms with Gasteiger partial charge in [0.25, 0.3) is 0 Å². The molecule has 0 saturated carbocycles. The lowest BCUT2D eigenvalue weighted by molar-refractivity contribution is 0.0997. The van der Waals surface area contributed by atoms with Crippen LogP contribution < -0.4 is 0 Å². The van der Waals surface area contributed by atoms with Gasteiger partial charge in [-0.05, 0) is 41.4 Å². The average molecular weight is 309 g/mol. The number of hydrogen-bond acceptors (Lipinski definition) is 2. The topological polar surface area (TPSA) is 17.1 Å². The summed E-state index contributed by atoms with van der Waals surface area (Å²) in [4.78, 5) is 14.0.